The summed E-state index contributed by atoms with van der Waals surface area (Å²) in [5.74, 6) is 0.707. The smallest absolute Gasteiger partial charge is 0.251 e. The first-order chi connectivity index (χ1) is 9.65. The zero-order valence-electron chi connectivity index (χ0n) is 10.7. The van der Waals surface area contributed by atoms with Crippen LogP contribution in [0.3, 0.4) is 0 Å². The molecule has 1 aromatic carbocycles. The number of nitrogen functional groups attached to an aromatic ring is 1. The molecule has 104 valence electrons. The third-order valence-electron chi connectivity index (χ3n) is 2.48. The summed E-state index contributed by atoms with van der Waals surface area (Å²) in [6, 6.07) is 12.3. The van der Waals surface area contributed by atoms with E-state index in [1.54, 1.807) is 0 Å². The molecule has 0 fully saturated rings. The Hall–Kier alpha value is -2.27. The van der Waals surface area contributed by atoms with Crippen molar-refractivity contribution in [1.82, 2.24) is 10.3 Å². The molecule has 0 saturated heterocycles. The van der Waals surface area contributed by atoms with Gasteiger partial charge in [-0.15, -0.1) is 0 Å². The Morgan fingerprint density at radius 3 is 2.75 bits per heavy atom. The molecule has 0 spiro atoms. The fourth-order valence-electron chi connectivity index (χ4n) is 1.60. The fourth-order valence-corrected chi connectivity index (χ4v) is 1.82. The van der Waals surface area contributed by atoms with Crippen LogP contribution in [0.25, 0.3) is 0 Å². The molecule has 0 atom stereocenters. The molecule has 6 heteroatoms. The molecule has 2 rings (SSSR count). The maximum atomic E-state index is 11.9. The molecule has 20 heavy (non-hydrogen) atoms. The Bertz CT molecular complexity index is 570. The van der Waals surface area contributed by atoms with Crippen LogP contribution in [-0.4, -0.2) is 24.0 Å². The molecule has 0 unspecified atom stereocenters. The number of para-hydroxylation sites is 1. The summed E-state index contributed by atoms with van der Waals surface area (Å²) in [6.45, 7) is 0.762. The van der Waals surface area contributed by atoms with Gasteiger partial charge in [0.25, 0.3) is 5.91 Å². The number of nitrogens with two attached hydrogens (primary N) is 1. The van der Waals surface area contributed by atoms with Crippen LogP contribution in [0.1, 0.15) is 10.4 Å². The number of amides is 1. The second-order valence-corrected chi connectivity index (χ2v) is 4.41. The van der Waals surface area contributed by atoms with Crippen LogP contribution in [-0.2, 0) is 0 Å². The normalized spacial score (nSPS) is 10.1. The van der Waals surface area contributed by atoms with Gasteiger partial charge in [-0.3, -0.25) is 4.79 Å². The summed E-state index contributed by atoms with van der Waals surface area (Å²) in [5.41, 5.74) is 5.90. The van der Waals surface area contributed by atoms with E-state index in [2.05, 4.69) is 10.3 Å². The lowest BCUT2D eigenvalue weighted by Crippen LogP contribution is -2.28. The predicted molar refractivity (Wildman–Crippen MR) is 77.9 cm³/mol. The summed E-state index contributed by atoms with van der Waals surface area (Å²) in [6.07, 6.45) is 0. The molecule has 0 bridgehead atoms. The number of anilines is 1. The van der Waals surface area contributed by atoms with Gasteiger partial charge in [0.1, 0.15) is 23.3 Å². The van der Waals surface area contributed by atoms with Gasteiger partial charge in [0, 0.05) is 5.56 Å². The van der Waals surface area contributed by atoms with Crippen LogP contribution in [0.5, 0.6) is 5.75 Å². The SMILES string of the molecule is Nc1cc(C(=O)NCCOc2ccccc2)cc(Cl)n1. The molecular formula is C14H14ClN3O2. The number of hydrogen-bond acceptors (Lipinski definition) is 4. The Kier molecular flexibility index (Phi) is 4.79. The molecule has 0 aliphatic heterocycles. The first-order valence-electron chi connectivity index (χ1n) is 6.04. The van der Waals surface area contributed by atoms with Crippen molar-refractivity contribution < 1.29 is 9.53 Å². The number of aromatic nitrogens is 1. The van der Waals surface area contributed by atoms with Crippen molar-refractivity contribution >= 4 is 23.3 Å². The van der Waals surface area contributed by atoms with E-state index >= 15 is 0 Å². The molecule has 2 aromatic rings. The van der Waals surface area contributed by atoms with Crippen molar-refractivity contribution in [2.45, 2.75) is 0 Å². The number of nitrogens with zero attached hydrogens (tertiary/aromatic N) is 1. The number of benzene rings is 1. The minimum atomic E-state index is -0.266. The van der Waals surface area contributed by atoms with Crippen molar-refractivity contribution in [3.05, 3.63) is 53.2 Å². The first-order valence-corrected chi connectivity index (χ1v) is 6.42. The van der Waals surface area contributed by atoms with Crippen LogP contribution >= 0.6 is 11.6 Å². The summed E-state index contributed by atoms with van der Waals surface area (Å²) in [5, 5.41) is 2.91. The molecule has 1 heterocycles. The number of nitrogens with one attached hydrogen (secondary N) is 1. The molecule has 0 radical (unpaired) electrons. The molecule has 3 N–H and O–H groups in total. The lowest BCUT2D eigenvalue weighted by molar-refractivity contribution is 0.0947. The largest absolute Gasteiger partial charge is 0.492 e. The molecule has 1 aromatic heterocycles. The number of carbonyl (C=O) groups excluding carboxylic acids is 1. The molecule has 5 nitrogen and oxygen atoms in total. The highest BCUT2D eigenvalue weighted by atomic mass is 35.5. The fraction of sp³-hybridized carbons (Fsp3) is 0.143. The summed E-state index contributed by atoms with van der Waals surface area (Å²) in [7, 11) is 0. The van der Waals surface area contributed by atoms with Gasteiger partial charge >= 0.3 is 0 Å². The van der Waals surface area contributed by atoms with Crippen molar-refractivity contribution in [3.8, 4) is 5.75 Å². The van der Waals surface area contributed by atoms with Crippen molar-refractivity contribution in [2.75, 3.05) is 18.9 Å². The molecule has 0 aliphatic rings. The van der Waals surface area contributed by atoms with Gasteiger partial charge in [-0.05, 0) is 24.3 Å². The Balaban J connectivity index is 1.80. The first kappa shape index (κ1) is 14.1. The highest BCUT2D eigenvalue weighted by Crippen LogP contribution is 2.12. The molecule has 1 amide bonds. The highest BCUT2D eigenvalue weighted by Gasteiger charge is 2.07. The molecule has 0 aliphatic carbocycles. The van der Waals surface area contributed by atoms with Gasteiger partial charge in [0.05, 0.1) is 6.54 Å². The zero-order valence-corrected chi connectivity index (χ0v) is 11.4. The highest BCUT2D eigenvalue weighted by molar-refractivity contribution is 6.29. The minimum Gasteiger partial charge on any atom is -0.492 e. The lowest BCUT2D eigenvalue weighted by Gasteiger charge is -2.08. The van der Waals surface area contributed by atoms with Gasteiger partial charge in [-0.1, -0.05) is 29.8 Å². The van der Waals surface area contributed by atoms with E-state index in [4.69, 9.17) is 22.1 Å². The van der Waals surface area contributed by atoms with E-state index in [0.29, 0.717) is 18.7 Å². The van der Waals surface area contributed by atoms with Crippen molar-refractivity contribution in [2.24, 2.45) is 0 Å². The minimum absolute atomic E-state index is 0.190. The third-order valence-corrected chi connectivity index (χ3v) is 2.67. The number of rotatable bonds is 5. The summed E-state index contributed by atoms with van der Waals surface area (Å²) in [4.78, 5) is 15.6. The van der Waals surface area contributed by atoms with E-state index < -0.39 is 0 Å². The van der Waals surface area contributed by atoms with Crippen molar-refractivity contribution in [3.63, 3.8) is 0 Å². The molecular weight excluding hydrogens is 278 g/mol. The zero-order chi connectivity index (χ0) is 14.4. The maximum Gasteiger partial charge on any atom is 0.251 e. The Labute approximate surface area is 121 Å². The van der Waals surface area contributed by atoms with Gasteiger partial charge in [0.2, 0.25) is 0 Å². The van der Waals surface area contributed by atoms with E-state index in [1.165, 1.54) is 12.1 Å². The van der Waals surface area contributed by atoms with Crippen LogP contribution in [0, 0.1) is 0 Å². The number of carbonyl (C=O) groups is 1. The standard InChI is InChI=1S/C14H14ClN3O2/c15-12-8-10(9-13(16)18-12)14(19)17-6-7-20-11-4-2-1-3-5-11/h1-5,8-9H,6-7H2,(H2,16,18)(H,17,19). The summed E-state index contributed by atoms with van der Waals surface area (Å²) >= 11 is 5.74. The summed E-state index contributed by atoms with van der Waals surface area (Å²) < 4.78 is 5.46. The topological polar surface area (TPSA) is 77.2 Å². The van der Waals surface area contributed by atoms with Crippen LogP contribution < -0.4 is 15.8 Å². The van der Waals surface area contributed by atoms with Crippen molar-refractivity contribution in [1.29, 1.82) is 0 Å². The van der Waals surface area contributed by atoms with Crippen LogP contribution in [0.15, 0.2) is 42.5 Å². The van der Waals surface area contributed by atoms with E-state index in [9.17, 15) is 4.79 Å². The number of hydrogen-bond donors (Lipinski definition) is 2. The number of pyridine rings is 1. The maximum absolute atomic E-state index is 11.9. The van der Waals surface area contributed by atoms with E-state index in [0.717, 1.165) is 5.75 Å². The van der Waals surface area contributed by atoms with E-state index in [-0.39, 0.29) is 16.9 Å². The average molecular weight is 292 g/mol. The monoisotopic (exact) mass is 291 g/mol. The lowest BCUT2D eigenvalue weighted by atomic mass is 10.2. The van der Waals surface area contributed by atoms with Crippen LogP contribution in [0.4, 0.5) is 5.82 Å². The third kappa shape index (κ3) is 4.13. The number of ether oxygens (including phenoxy) is 1. The second kappa shape index (κ2) is 6.77. The Morgan fingerprint density at radius 1 is 1.30 bits per heavy atom. The van der Waals surface area contributed by atoms with Crippen LogP contribution in [0.2, 0.25) is 5.15 Å². The molecule has 0 saturated carbocycles. The van der Waals surface area contributed by atoms with Gasteiger partial charge < -0.3 is 15.8 Å². The van der Waals surface area contributed by atoms with Gasteiger partial charge in [-0.2, -0.15) is 0 Å². The van der Waals surface area contributed by atoms with Gasteiger partial charge in [-0.25, -0.2) is 4.98 Å². The van der Waals surface area contributed by atoms with Gasteiger partial charge in [0.15, 0.2) is 0 Å². The van der Waals surface area contributed by atoms with E-state index in [1.807, 2.05) is 30.3 Å². The predicted octanol–water partition coefficient (Wildman–Crippen LogP) is 2.13. The Morgan fingerprint density at radius 2 is 2.05 bits per heavy atom. The quantitative estimate of drug-likeness (QED) is 0.653. The number of halogens is 1. The average Bonchev–Trinajstić information content (AvgIpc) is 2.43. The second-order valence-electron chi connectivity index (χ2n) is 4.02.